The number of rotatable bonds is 3. The molecule has 0 unspecified atom stereocenters. The van der Waals surface area contributed by atoms with Gasteiger partial charge in [-0.2, -0.15) is 10.2 Å². The van der Waals surface area contributed by atoms with Gasteiger partial charge in [0.25, 0.3) is 0 Å². The van der Waals surface area contributed by atoms with Crippen LogP contribution < -0.4 is 4.90 Å². The second-order valence-corrected chi connectivity index (χ2v) is 8.35. The molecule has 1 N–H and O–H groups in total. The molecule has 0 bridgehead atoms. The van der Waals surface area contributed by atoms with Gasteiger partial charge in [0.15, 0.2) is 11.5 Å². The molecule has 2 aliphatic heterocycles. The van der Waals surface area contributed by atoms with Crippen LogP contribution in [0.15, 0.2) is 36.7 Å². The molecule has 0 spiro atoms. The lowest BCUT2D eigenvalue weighted by molar-refractivity contribution is 0.138. The van der Waals surface area contributed by atoms with Crippen molar-refractivity contribution in [3.63, 3.8) is 0 Å². The molecule has 32 heavy (non-hydrogen) atoms. The van der Waals surface area contributed by atoms with Crippen molar-refractivity contribution in [2.45, 2.75) is 44.4 Å². The first kappa shape index (κ1) is 19.3. The van der Waals surface area contributed by atoms with Crippen LogP contribution in [0.2, 0.25) is 0 Å². The smallest absolute Gasteiger partial charge is 0.186 e. The first-order valence-corrected chi connectivity index (χ1v) is 10.7. The molecule has 0 amide bonds. The molecule has 5 heterocycles. The Morgan fingerprint density at radius 3 is 2.88 bits per heavy atom. The molecule has 4 aromatic rings. The highest BCUT2D eigenvalue weighted by Gasteiger charge is 2.30. The highest BCUT2D eigenvalue weighted by Crippen LogP contribution is 2.37. The van der Waals surface area contributed by atoms with Gasteiger partial charge in [-0.3, -0.25) is 0 Å². The lowest BCUT2D eigenvalue weighted by atomic mass is 10.0. The molecule has 0 aliphatic carbocycles. The number of hydrogen-bond acceptors (Lipinski definition) is 6. The van der Waals surface area contributed by atoms with Crippen molar-refractivity contribution in [2.75, 3.05) is 11.4 Å². The van der Waals surface area contributed by atoms with Gasteiger partial charge in [0, 0.05) is 31.3 Å². The lowest BCUT2D eigenvalue weighted by Gasteiger charge is -2.26. The second kappa shape index (κ2) is 7.33. The van der Waals surface area contributed by atoms with Gasteiger partial charge in [-0.25, -0.2) is 27.9 Å². The monoisotopic (exact) mass is 437 g/mol. The number of aromatic nitrogens is 6. The number of aryl methyl sites for hydroxylation is 1. The Bertz CT molecular complexity index is 1320. The summed E-state index contributed by atoms with van der Waals surface area (Å²) >= 11 is 0. The van der Waals surface area contributed by atoms with Gasteiger partial charge in [0.1, 0.15) is 23.3 Å². The van der Waals surface area contributed by atoms with Crippen LogP contribution in [0.4, 0.5) is 14.6 Å². The number of fused-ring (bicyclic) bond motifs is 2. The zero-order chi connectivity index (χ0) is 21.8. The predicted octanol–water partition coefficient (Wildman–Crippen LogP) is 2.91. The van der Waals surface area contributed by atoms with Gasteiger partial charge < -0.3 is 10.0 Å². The van der Waals surface area contributed by atoms with Crippen molar-refractivity contribution < 1.29 is 13.9 Å². The Hall–Kier alpha value is -3.40. The van der Waals surface area contributed by atoms with Crippen LogP contribution in [0.5, 0.6) is 0 Å². The predicted molar refractivity (Wildman–Crippen MR) is 112 cm³/mol. The first-order chi connectivity index (χ1) is 15.6. The van der Waals surface area contributed by atoms with Crippen LogP contribution in [0, 0.1) is 11.6 Å². The lowest BCUT2D eigenvalue weighted by Crippen LogP contribution is -2.24. The fourth-order valence-corrected chi connectivity index (χ4v) is 4.71. The number of aliphatic hydroxyl groups excluding tert-OH is 1. The maximum Gasteiger partial charge on any atom is 0.186 e. The molecular formula is C22H21F2N7O. The summed E-state index contributed by atoms with van der Waals surface area (Å²) in [5.74, 6) is 1.07. The fraction of sp³-hybridized carbons (Fsp3) is 0.364. The number of benzene rings is 1. The molecule has 3 aromatic heterocycles. The van der Waals surface area contributed by atoms with Crippen molar-refractivity contribution in [3.8, 4) is 11.4 Å². The molecule has 1 aromatic carbocycles. The molecular weight excluding hydrogens is 416 g/mol. The number of halogens is 2. The first-order valence-electron chi connectivity index (χ1n) is 10.7. The summed E-state index contributed by atoms with van der Waals surface area (Å²) in [5, 5.41) is 18.9. The van der Waals surface area contributed by atoms with Gasteiger partial charge in [0.05, 0.1) is 23.9 Å². The maximum atomic E-state index is 14.5. The highest BCUT2D eigenvalue weighted by molar-refractivity contribution is 5.73. The summed E-state index contributed by atoms with van der Waals surface area (Å²) in [6.07, 6.45) is 5.78. The number of aliphatic hydroxyl groups is 1. The zero-order valence-electron chi connectivity index (χ0n) is 17.2. The standard InChI is InChI=1S/C22H21F2N7O/c23-13-3-4-17(24)15(10-13)18-2-1-7-29(18)19-6-9-31-22(27-19)16(12-25-31)21-26-20-11-14(32)5-8-30(20)28-21/h3-4,6,9-10,12,14,18,32H,1-2,5,7-8,11H2/t14-,18+/m0/s1. The van der Waals surface area contributed by atoms with Crippen LogP contribution >= 0.6 is 0 Å². The number of hydrogen-bond donors (Lipinski definition) is 1. The SMILES string of the molecule is O[C@H]1CCn2nc(-c3cnn4ccc(N5CCC[C@@H]5c5cc(F)ccc5F)nc34)nc2C1. The third kappa shape index (κ3) is 3.13. The van der Waals surface area contributed by atoms with E-state index in [1.807, 2.05) is 15.6 Å². The average Bonchev–Trinajstić information content (AvgIpc) is 3.52. The fourth-order valence-electron chi connectivity index (χ4n) is 4.71. The van der Waals surface area contributed by atoms with E-state index in [0.717, 1.165) is 24.7 Å². The summed E-state index contributed by atoms with van der Waals surface area (Å²) in [7, 11) is 0. The van der Waals surface area contributed by atoms with Crippen LogP contribution in [0.25, 0.3) is 17.0 Å². The molecule has 164 valence electrons. The van der Waals surface area contributed by atoms with E-state index in [9.17, 15) is 13.9 Å². The summed E-state index contributed by atoms with van der Waals surface area (Å²) in [4.78, 5) is 11.4. The summed E-state index contributed by atoms with van der Waals surface area (Å²) in [6.45, 7) is 1.32. The third-order valence-corrected chi connectivity index (χ3v) is 6.30. The van der Waals surface area contributed by atoms with Gasteiger partial charge in [0.2, 0.25) is 0 Å². The highest BCUT2D eigenvalue weighted by atomic mass is 19.1. The minimum absolute atomic E-state index is 0.286. The minimum atomic E-state index is -0.449. The van der Waals surface area contributed by atoms with Crippen molar-refractivity contribution in [1.29, 1.82) is 0 Å². The summed E-state index contributed by atoms with van der Waals surface area (Å²) < 4.78 is 31.8. The summed E-state index contributed by atoms with van der Waals surface area (Å²) in [6, 6.07) is 5.13. The van der Waals surface area contributed by atoms with E-state index in [-0.39, 0.29) is 6.04 Å². The van der Waals surface area contributed by atoms with E-state index in [2.05, 4.69) is 15.2 Å². The molecule has 2 atom stereocenters. The Labute approximate surface area is 182 Å². The number of nitrogens with zero attached hydrogens (tertiary/aromatic N) is 7. The largest absolute Gasteiger partial charge is 0.393 e. The molecule has 2 aliphatic rings. The van der Waals surface area contributed by atoms with E-state index in [1.165, 1.54) is 12.1 Å². The van der Waals surface area contributed by atoms with Crippen LogP contribution in [0.3, 0.4) is 0 Å². The van der Waals surface area contributed by atoms with E-state index >= 15 is 0 Å². The molecule has 8 nitrogen and oxygen atoms in total. The van der Waals surface area contributed by atoms with Crippen molar-refractivity contribution in [2.24, 2.45) is 0 Å². The second-order valence-electron chi connectivity index (χ2n) is 8.35. The van der Waals surface area contributed by atoms with E-state index in [4.69, 9.17) is 4.98 Å². The molecule has 6 rings (SSSR count). The Morgan fingerprint density at radius 2 is 1.97 bits per heavy atom. The Morgan fingerprint density at radius 1 is 1.06 bits per heavy atom. The molecule has 10 heteroatoms. The zero-order valence-corrected chi connectivity index (χ0v) is 17.2. The summed E-state index contributed by atoms with van der Waals surface area (Å²) in [5.41, 5.74) is 1.63. The molecule has 0 saturated carbocycles. The molecule has 1 saturated heterocycles. The molecule has 0 radical (unpaired) electrons. The maximum absolute atomic E-state index is 14.5. The minimum Gasteiger partial charge on any atom is -0.393 e. The van der Waals surface area contributed by atoms with Crippen LogP contribution in [-0.2, 0) is 13.0 Å². The van der Waals surface area contributed by atoms with Crippen molar-refractivity contribution in [3.05, 3.63) is 59.7 Å². The topological polar surface area (TPSA) is 84.4 Å². The van der Waals surface area contributed by atoms with Gasteiger partial charge in [-0.15, -0.1) is 0 Å². The van der Waals surface area contributed by atoms with E-state index in [0.29, 0.717) is 54.3 Å². The Kier molecular flexibility index (Phi) is 4.42. The third-order valence-electron chi connectivity index (χ3n) is 6.30. The van der Waals surface area contributed by atoms with Gasteiger partial charge in [-0.1, -0.05) is 0 Å². The van der Waals surface area contributed by atoms with Gasteiger partial charge in [-0.05, 0) is 43.5 Å². The quantitative estimate of drug-likeness (QED) is 0.531. The van der Waals surface area contributed by atoms with Crippen molar-refractivity contribution >= 4 is 11.5 Å². The Balaban J connectivity index is 1.39. The van der Waals surface area contributed by atoms with E-state index in [1.54, 1.807) is 16.9 Å². The van der Waals surface area contributed by atoms with E-state index < -0.39 is 17.7 Å². The van der Waals surface area contributed by atoms with Gasteiger partial charge >= 0.3 is 0 Å². The number of anilines is 1. The van der Waals surface area contributed by atoms with Crippen molar-refractivity contribution in [1.82, 2.24) is 29.4 Å². The average molecular weight is 437 g/mol. The molecule has 1 fully saturated rings. The van der Waals surface area contributed by atoms with Crippen LogP contribution in [-0.4, -0.2) is 47.1 Å². The normalized spacial score (nSPS) is 20.8. The van der Waals surface area contributed by atoms with Crippen LogP contribution in [0.1, 0.15) is 36.7 Å².